The molecule has 0 aliphatic rings. The first-order valence-electron chi connectivity index (χ1n) is 7.91. The molecule has 132 valence electrons. The van der Waals surface area contributed by atoms with Gasteiger partial charge >= 0.3 is 5.97 Å². The van der Waals surface area contributed by atoms with Crippen molar-refractivity contribution in [2.45, 2.75) is 25.8 Å². The van der Waals surface area contributed by atoms with Crippen molar-refractivity contribution in [3.63, 3.8) is 0 Å². The lowest BCUT2D eigenvalue weighted by Crippen LogP contribution is -2.36. The molecule has 0 aliphatic carbocycles. The van der Waals surface area contributed by atoms with Gasteiger partial charge in [-0.15, -0.1) is 0 Å². The molecular formula is C19H19ClFNO3. The number of halogens is 2. The first kappa shape index (κ1) is 18.9. The topological polar surface area (TPSA) is 55.4 Å². The van der Waals surface area contributed by atoms with E-state index in [1.54, 1.807) is 0 Å². The van der Waals surface area contributed by atoms with Gasteiger partial charge in [0.1, 0.15) is 5.82 Å². The first-order chi connectivity index (χ1) is 12.0. The number of ether oxygens (including phenoxy) is 1. The van der Waals surface area contributed by atoms with Crippen LogP contribution in [0.5, 0.6) is 0 Å². The molecule has 0 spiro atoms. The van der Waals surface area contributed by atoms with Gasteiger partial charge in [0.2, 0.25) is 0 Å². The van der Waals surface area contributed by atoms with Crippen LogP contribution >= 0.6 is 11.6 Å². The number of amides is 1. The quantitative estimate of drug-likeness (QED) is 0.762. The Hall–Kier alpha value is -2.40. The summed E-state index contributed by atoms with van der Waals surface area (Å²) in [6.45, 7) is 1.47. The Labute approximate surface area is 150 Å². The van der Waals surface area contributed by atoms with Crippen LogP contribution in [0, 0.1) is 5.82 Å². The molecule has 0 radical (unpaired) electrons. The minimum Gasteiger partial charge on any atom is -0.452 e. The van der Waals surface area contributed by atoms with Gasteiger partial charge in [-0.3, -0.25) is 4.79 Å². The molecule has 0 bridgehead atoms. The van der Waals surface area contributed by atoms with Crippen molar-refractivity contribution in [3.05, 3.63) is 70.5 Å². The summed E-state index contributed by atoms with van der Waals surface area (Å²) >= 11 is 5.78. The number of rotatable bonds is 7. The van der Waals surface area contributed by atoms with E-state index in [1.807, 2.05) is 37.3 Å². The molecule has 4 nitrogen and oxygen atoms in total. The van der Waals surface area contributed by atoms with Crippen molar-refractivity contribution in [1.82, 2.24) is 5.32 Å². The lowest BCUT2D eigenvalue weighted by atomic mass is 10.1. The fraction of sp³-hybridized carbons (Fsp3) is 0.263. The molecule has 0 heterocycles. The normalized spacial score (nSPS) is 11.6. The van der Waals surface area contributed by atoms with E-state index in [4.69, 9.17) is 16.3 Å². The molecule has 0 unspecified atom stereocenters. The van der Waals surface area contributed by atoms with Crippen molar-refractivity contribution in [3.8, 4) is 0 Å². The van der Waals surface area contributed by atoms with Crippen LogP contribution in [0.1, 0.15) is 29.3 Å². The third kappa shape index (κ3) is 6.19. The summed E-state index contributed by atoms with van der Waals surface area (Å²) < 4.78 is 17.9. The monoisotopic (exact) mass is 363 g/mol. The Morgan fingerprint density at radius 2 is 1.92 bits per heavy atom. The highest BCUT2D eigenvalue weighted by molar-refractivity contribution is 6.33. The summed E-state index contributed by atoms with van der Waals surface area (Å²) in [5, 5.41) is 2.72. The fourth-order valence-electron chi connectivity index (χ4n) is 2.28. The van der Waals surface area contributed by atoms with Crippen LogP contribution in [0.3, 0.4) is 0 Å². The molecule has 1 N–H and O–H groups in total. The molecular weight excluding hydrogens is 345 g/mol. The number of carbonyl (C=O) groups is 2. The molecule has 0 aromatic heterocycles. The van der Waals surface area contributed by atoms with Crippen LogP contribution in [0.4, 0.5) is 4.39 Å². The minimum atomic E-state index is -0.767. The van der Waals surface area contributed by atoms with E-state index < -0.39 is 24.3 Å². The molecule has 1 atom stereocenters. The summed E-state index contributed by atoms with van der Waals surface area (Å²) in [5.41, 5.74) is 1.22. The number of hydrogen-bond donors (Lipinski definition) is 1. The summed E-state index contributed by atoms with van der Waals surface area (Å²) in [6, 6.07) is 13.2. The van der Waals surface area contributed by atoms with Crippen LogP contribution in [-0.2, 0) is 16.0 Å². The SMILES string of the molecule is C[C@H](CCc1ccccc1)NC(=O)COC(=O)c1ccc(F)cc1Cl. The van der Waals surface area contributed by atoms with Crippen LogP contribution in [0.2, 0.25) is 5.02 Å². The maximum atomic E-state index is 13.0. The minimum absolute atomic E-state index is 0.0213. The number of esters is 1. The van der Waals surface area contributed by atoms with E-state index in [0.29, 0.717) is 0 Å². The second-order valence-corrected chi connectivity index (χ2v) is 6.10. The highest BCUT2D eigenvalue weighted by Gasteiger charge is 2.15. The van der Waals surface area contributed by atoms with E-state index in [2.05, 4.69) is 5.32 Å². The fourth-order valence-corrected chi connectivity index (χ4v) is 2.52. The van der Waals surface area contributed by atoms with Gasteiger partial charge in [-0.1, -0.05) is 41.9 Å². The van der Waals surface area contributed by atoms with Crippen molar-refractivity contribution in [1.29, 1.82) is 0 Å². The Bertz CT molecular complexity index is 737. The lowest BCUT2D eigenvalue weighted by molar-refractivity contribution is -0.124. The standard InChI is InChI=1S/C19H19ClFNO3/c1-13(7-8-14-5-3-2-4-6-14)22-18(23)12-25-19(24)16-10-9-15(21)11-17(16)20/h2-6,9-11,13H,7-8,12H2,1H3,(H,22,23)/t13-/m1/s1. The number of nitrogens with one attached hydrogen (secondary N) is 1. The van der Waals surface area contributed by atoms with Crippen LogP contribution in [0.15, 0.2) is 48.5 Å². The average Bonchev–Trinajstić information content (AvgIpc) is 2.59. The molecule has 2 aromatic rings. The number of aryl methyl sites for hydroxylation is 1. The predicted octanol–water partition coefficient (Wildman–Crippen LogP) is 3.77. The van der Waals surface area contributed by atoms with Crippen molar-refractivity contribution in [2.24, 2.45) is 0 Å². The van der Waals surface area contributed by atoms with Gasteiger partial charge in [0, 0.05) is 6.04 Å². The number of carbonyl (C=O) groups excluding carboxylic acids is 2. The lowest BCUT2D eigenvalue weighted by Gasteiger charge is -2.14. The zero-order valence-electron chi connectivity index (χ0n) is 13.8. The van der Waals surface area contributed by atoms with Gasteiger partial charge < -0.3 is 10.1 Å². The largest absolute Gasteiger partial charge is 0.452 e. The molecule has 2 rings (SSSR count). The third-order valence-corrected chi connectivity index (χ3v) is 3.91. The Balaban J connectivity index is 1.75. The van der Waals surface area contributed by atoms with Crippen molar-refractivity contribution < 1.29 is 18.7 Å². The molecule has 2 aromatic carbocycles. The highest BCUT2D eigenvalue weighted by atomic mass is 35.5. The van der Waals surface area contributed by atoms with Crippen LogP contribution in [-0.4, -0.2) is 24.5 Å². The van der Waals surface area contributed by atoms with E-state index in [1.165, 1.54) is 11.6 Å². The van der Waals surface area contributed by atoms with Gasteiger partial charge in [0.25, 0.3) is 5.91 Å². The Morgan fingerprint density at radius 3 is 2.60 bits per heavy atom. The second-order valence-electron chi connectivity index (χ2n) is 5.69. The van der Waals surface area contributed by atoms with E-state index in [0.717, 1.165) is 25.0 Å². The molecule has 25 heavy (non-hydrogen) atoms. The summed E-state index contributed by atoms with van der Waals surface area (Å²) in [5.74, 6) is -1.71. The maximum absolute atomic E-state index is 13.0. The summed E-state index contributed by atoms with van der Waals surface area (Å²) in [6.07, 6.45) is 1.61. The Kier molecular flexibility index (Phi) is 6.95. The van der Waals surface area contributed by atoms with Crippen molar-refractivity contribution >= 4 is 23.5 Å². The van der Waals surface area contributed by atoms with E-state index in [9.17, 15) is 14.0 Å². The van der Waals surface area contributed by atoms with Crippen molar-refractivity contribution in [2.75, 3.05) is 6.61 Å². The Morgan fingerprint density at radius 1 is 1.20 bits per heavy atom. The molecule has 0 aliphatic heterocycles. The predicted molar refractivity (Wildman–Crippen MR) is 94.1 cm³/mol. The third-order valence-electron chi connectivity index (χ3n) is 3.60. The summed E-state index contributed by atoms with van der Waals surface area (Å²) in [7, 11) is 0. The van der Waals surface area contributed by atoms with Gasteiger partial charge in [0.05, 0.1) is 10.6 Å². The number of hydrogen-bond acceptors (Lipinski definition) is 3. The highest BCUT2D eigenvalue weighted by Crippen LogP contribution is 2.18. The van der Waals surface area contributed by atoms with Gasteiger partial charge in [-0.05, 0) is 43.5 Å². The van der Waals surface area contributed by atoms with E-state index >= 15 is 0 Å². The molecule has 0 saturated heterocycles. The van der Waals surface area contributed by atoms with Crippen LogP contribution < -0.4 is 5.32 Å². The molecule has 6 heteroatoms. The average molecular weight is 364 g/mol. The van der Waals surface area contributed by atoms with Gasteiger partial charge in [-0.25, -0.2) is 9.18 Å². The summed E-state index contributed by atoms with van der Waals surface area (Å²) in [4.78, 5) is 23.7. The zero-order chi connectivity index (χ0) is 18.2. The molecule has 1 amide bonds. The second kappa shape index (κ2) is 9.18. The number of benzene rings is 2. The van der Waals surface area contributed by atoms with Crippen LogP contribution in [0.25, 0.3) is 0 Å². The first-order valence-corrected chi connectivity index (χ1v) is 8.29. The molecule has 0 fully saturated rings. The maximum Gasteiger partial charge on any atom is 0.340 e. The smallest absolute Gasteiger partial charge is 0.340 e. The van der Waals surface area contributed by atoms with E-state index in [-0.39, 0.29) is 16.6 Å². The van der Waals surface area contributed by atoms with Gasteiger partial charge in [-0.2, -0.15) is 0 Å². The van der Waals surface area contributed by atoms with Gasteiger partial charge in [0.15, 0.2) is 6.61 Å². The zero-order valence-corrected chi connectivity index (χ0v) is 14.6. The molecule has 0 saturated carbocycles.